The molecule has 0 radical (unpaired) electrons. The Morgan fingerprint density at radius 2 is 1.93 bits per heavy atom. The molecule has 1 aromatic carbocycles. The summed E-state index contributed by atoms with van der Waals surface area (Å²) in [5.74, 6) is 0.00175. The standard InChI is InChI=1S/C20H16N6OS/c1-13-11-18(28-26-13)25-20-22-10-8-16(24-20)19(27)23-17-12-21-9-7-15(17)14-5-3-2-4-6-14/h2-12H,1H3,(H,23,27)(H,22,24,25). The van der Waals surface area contributed by atoms with Gasteiger partial charge in [0.25, 0.3) is 5.91 Å². The van der Waals surface area contributed by atoms with Gasteiger partial charge in [-0.15, -0.1) is 0 Å². The Kier molecular flexibility index (Phi) is 5.03. The Hall–Kier alpha value is -3.65. The molecule has 0 aliphatic heterocycles. The van der Waals surface area contributed by atoms with E-state index in [9.17, 15) is 4.79 Å². The van der Waals surface area contributed by atoms with Gasteiger partial charge in [0.15, 0.2) is 0 Å². The van der Waals surface area contributed by atoms with Gasteiger partial charge in [-0.25, -0.2) is 9.97 Å². The molecule has 0 unspecified atom stereocenters. The van der Waals surface area contributed by atoms with Gasteiger partial charge < -0.3 is 10.6 Å². The van der Waals surface area contributed by atoms with E-state index in [1.807, 2.05) is 49.4 Å². The van der Waals surface area contributed by atoms with Crippen LogP contribution in [0, 0.1) is 6.92 Å². The quantitative estimate of drug-likeness (QED) is 0.529. The number of aromatic nitrogens is 4. The summed E-state index contributed by atoms with van der Waals surface area (Å²) >= 11 is 1.31. The molecule has 0 saturated heterocycles. The van der Waals surface area contributed by atoms with Gasteiger partial charge in [-0.1, -0.05) is 30.3 Å². The molecule has 28 heavy (non-hydrogen) atoms. The third-order valence-corrected chi connectivity index (χ3v) is 4.70. The first-order chi connectivity index (χ1) is 13.7. The molecule has 0 aliphatic carbocycles. The van der Waals surface area contributed by atoms with Crippen LogP contribution in [0.5, 0.6) is 0 Å². The van der Waals surface area contributed by atoms with Crippen molar-refractivity contribution in [3.63, 3.8) is 0 Å². The summed E-state index contributed by atoms with van der Waals surface area (Å²) in [5.41, 5.74) is 3.65. The molecule has 0 fully saturated rings. The Morgan fingerprint density at radius 3 is 2.71 bits per heavy atom. The SMILES string of the molecule is Cc1cc(Nc2nccc(C(=O)Nc3cnccc3-c3ccccc3)n2)sn1. The zero-order valence-corrected chi connectivity index (χ0v) is 15.8. The fraction of sp³-hybridized carbons (Fsp3) is 0.0500. The number of nitrogens with one attached hydrogen (secondary N) is 2. The van der Waals surface area contributed by atoms with Crippen molar-refractivity contribution >= 4 is 34.1 Å². The van der Waals surface area contributed by atoms with Gasteiger partial charge in [-0.2, -0.15) is 4.37 Å². The van der Waals surface area contributed by atoms with Crippen LogP contribution in [0.2, 0.25) is 0 Å². The molecular weight excluding hydrogens is 372 g/mol. The smallest absolute Gasteiger partial charge is 0.274 e. The predicted octanol–water partition coefficient (Wildman–Crippen LogP) is 4.30. The zero-order chi connectivity index (χ0) is 19.3. The molecule has 0 atom stereocenters. The fourth-order valence-corrected chi connectivity index (χ4v) is 3.28. The number of hydrogen-bond donors (Lipinski definition) is 2. The van der Waals surface area contributed by atoms with Crippen molar-refractivity contribution in [2.45, 2.75) is 6.92 Å². The van der Waals surface area contributed by atoms with Crippen molar-refractivity contribution in [2.24, 2.45) is 0 Å². The maximum atomic E-state index is 12.7. The normalized spacial score (nSPS) is 10.5. The van der Waals surface area contributed by atoms with Crippen LogP contribution in [0.1, 0.15) is 16.2 Å². The number of carbonyl (C=O) groups excluding carboxylic acids is 1. The molecule has 2 N–H and O–H groups in total. The minimum Gasteiger partial charge on any atom is -0.319 e. The number of anilines is 3. The highest BCUT2D eigenvalue weighted by molar-refractivity contribution is 7.10. The average Bonchev–Trinajstić information content (AvgIpc) is 3.14. The van der Waals surface area contributed by atoms with Crippen molar-refractivity contribution in [1.29, 1.82) is 0 Å². The highest BCUT2D eigenvalue weighted by Crippen LogP contribution is 2.27. The first-order valence-electron chi connectivity index (χ1n) is 8.53. The third-order valence-electron chi connectivity index (χ3n) is 3.91. The largest absolute Gasteiger partial charge is 0.319 e. The second-order valence-corrected chi connectivity index (χ2v) is 6.77. The van der Waals surface area contributed by atoms with Gasteiger partial charge in [-0.05, 0) is 42.2 Å². The highest BCUT2D eigenvalue weighted by atomic mass is 32.1. The molecular formula is C20H16N6OS. The van der Waals surface area contributed by atoms with Crippen LogP contribution < -0.4 is 10.6 Å². The molecule has 3 aromatic heterocycles. The summed E-state index contributed by atoms with van der Waals surface area (Å²) in [7, 11) is 0. The topological polar surface area (TPSA) is 92.7 Å². The summed E-state index contributed by atoms with van der Waals surface area (Å²) in [6.45, 7) is 1.91. The van der Waals surface area contributed by atoms with Gasteiger partial charge >= 0.3 is 0 Å². The van der Waals surface area contributed by atoms with Gasteiger partial charge in [0.2, 0.25) is 5.95 Å². The average molecular weight is 388 g/mol. The molecule has 3 heterocycles. The Morgan fingerprint density at radius 1 is 1.07 bits per heavy atom. The van der Waals surface area contributed by atoms with Crippen LogP contribution in [0.4, 0.5) is 16.6 Å². The lowest BCUT2D eigenvalue weighted by Gasteiger charge is -2.11. The minimum absolute atomic E-state index is 0.251. The summed E-state index contributed by atoms with van der Waals surface area (Å²) in [6, 6.07) is 15.1. The highest BCUT2D eigenvalue weighted by Gasteiger charge is 2.13. The van der Waals surface area contributed by atoms with E-state index in [1.165, 1.54) is 11.5 Å². The first kappa shape index (κ1) is 17.7. The minimum atomic E-state index is -0.337. The van der Waals surface area contributed by atoms with E-state index < -0.39 is 0 Å². The van der Waals surface area contributed by atoms with Crippen LogP contribution in [0.25, 0.3) is 11.1 Å². The number of pyridine rings is 1. The van der Waals surface area contributed by atoms with E-state index in [0.717, 1.165) is 21.8 Å². The molecule has 4 aromatic rings. The summed E-state index contributed by atoms with van der Waals surface area (Å²) in [4.78, 5) is 25.3. The van der Waals surface area contributed by atoms with E-state index in [-0.39, 0.29) is 11.6 Å². The van der Waals surface area contributed by atoms with Crippen LogP contribution in [0.15, 0.2) is 67.1 Å². The van der Waals surface area contributed by atoms with Crippen molar-refractivity contribution in [1.82, 2.24) is 19.3 Å². The third kappa shape index (κ3) is 4.02. The fourth-order valence-electron chi connectivity index (χ4n) is 2.63. The van der Waals surface area contributed by atoms with E-state index in [4.69, 9.17) is 0 Å². The lowest BCUT2D eigenvalue weighted by molar-refractivity contribution is 0.102. The molecule has 1 amide bonds. The lowest BCUT2D eigenvalue weighted by Crippen LogP contribution is -2.15. The molecule has 4 rings (SSSR count). The first-order valence-corrected chi connectivity index (χ1v) is 9.30. The van der Waals surface area contributed by atoms with E-state index in [2.05, 4.69) is 30.0 Å². The van der Waals surface area contributed by atoms with Gasteiger partial charge in [0, 0.05) is 18.0 Å². The summed E-state index contributed by atoms with van der Waals surface area (Å²) in [6.07, 6.45) is 4.86. The van der Waals surface area contributed by atoms with Crippen molar-refractivity contribution in [3.05, 3.63) is 78.5 Å². The van der Waals surface area contributed by atoms with E-state index >= 15 is 0 Å². The molecule has 0 spiro atoms. The Balaban J connectivity index is 1.56. The van der Waals surface area contributed by atoms with Gasteiger partial charge in [-0.3, -0.25) is 9.78 Å². The maximum Gasteiger partial charge on any atom is 0.274 e. The van der Waals surface area contributed by atoms with Crippen LogP contribution in [-0.4, -0.2) is 25.2 Å². The number of aryl methyl sites for hydroxylation is 1. The molecule has 0 aliphatic rings. The number of nitrogens with zero attached hydrogens (tertiary/aromatic N) is 4. The molecule has 7 nitrogen and oxygen atoms in total. The summed E-state index contributed by atoms with van der Waals surface area (Å²) in [5, 5.41) is 6.77. The van der Waals surface area contributed by atoms with Crippen LogP contribution in [0.3, 0.4) is 0 Å². The Labute approximate surface area is 165 Å². The number of benzene rings is 1. The predicted molar refractivity (Wildman–Crippen MR) is 110 cm³/mol. The van der Waals surface area contributed by atoms with Gasteiger partial charge in [0.1, 0.15) is 10.7 Å². The monoisotopic (exact) mass is 388 g/mol. The number of carbonyl (C=O) groups is 1. The van der Waals surface area contributed by atoms with Gasteiger partial charge in [0.05, 0.1) is 17.6 Å². The lowest BCUT2D eigenvalue weighted by atomic mass is 10.1. The molecule has 8 heteroatoms. The molecule has 138 valence electrons. The van der Waals surface area contributed by atoms with E-state index in [0.29, 0.717) is 11.6 Å². The van der Waals surface area contributed by atoms with E-state index in [1.54, 1.807) is 24.7 Å². The zero-order valence-electron chi connectivity index (χ0n) is 15.0. The Bertz CT molecular complexity index is 1110. The van der Waals surface area contributed by atoms with Crippen molar-refractivity contribution in [2.75, 3.05) is 10.6 Å². The second kappa shape index (κ2) is 7.93. The number of hydrogen-bond acceptors (Lipinski definition) is 7. The number of amides is 1. The molecule has 0 bridgehead atoms. The van der Waals surface area contributed by atoms with Crippen LogP contribution in [-0.2, 0) is 0 Å². The summed E-state index contributed by atoms with van der Waals surface area (Å²) < 4.78 is 4.20. The van der Waals surface area contributed by atoms with Crippen molar-refractivity contribution in [3.8, 4) is 11.1 Å². The second-order valence-electron chi connectivity index (χ2n) is 5.96. The maximum absolute atomic E-state index is 12.7. The number of rotatable bonds is 5. The van der Waals surface area contributed by atoms with Crippen LogP contribution >= 0.6 is 11.5 Å². The molecule has 0 saturated carbocycles. The van der Waals surface area contributed by atoms with Crippen molar-refractivity contribution < 1.29 is 4.79 Å².